The summed E-state index contributed by atoms with van der Waals surface area (Å²) in [4.78, 5) is 58.7. The Hall–Kier alpha value is -10.4. The highest BCUT2D eigenvalue weighted by atomic mass is 28.4. The van der Waals surface area contributed by atoms with E-state index in [9.17, 15) is 14.4 Å². The fourth-order valence-electron chi connectivity index (χ4n) is 13.8. The molecule has 496 valence electrons. The summed E-state index contributed by atoms with van der Waals surface area (Å²) in [5.41, 5.74) is 8.02. The quantitative estimate of drug-likeness (QED) is 0.0248. The molecule has 1 saturated heterocycles. The van der Waals surface area contributed by atoms with E-state index in [1.165, 1.54) is 28.6 Å². The van der Waals surface area contributed by atoms with Crippen molar-refractivity contribution in [2.75, 3.05) is 38.9 Å². The van der Waals surface area contributed by atoms with Gasteiger partial charge in [0, 0.05) is 24.3 Å². The Balaban J connectivity index is 0.888. The molecule has 2 aromatic heterocycles. The number of hydrogen-bond donors (Lipinski definition) is 1. The van der Waals surface area contributed by atoms with E-state index in [0.717, 1.165) is 43.9 Å². The summed E-state index contributed by atoms with van der Waals surface area (Å²) in [5.74, 6) is 0.121. The summed E-state index contributed by atoms with van der Waals surface area (Å²) in [6, 6.07) is 78.6. The molecule has 0 spiro atoms. The minimum absolute atomic E-state index is 0.0226. The van der Waals surface area contributed by atoms with Gasteiger partial charge in [-0.2, -0.15) is 0 Å². The number of hydrogen-bond acceptors (Lipinski definition) is 13. The van der Waals surface area contributed by atoms with E-state index in [4.69, 9.17) is 42.8 Å². The number of ether oxygens (including phenoxy) is 6. The fraction of sp³-hybridized carbons (Fsp3) is 0.235. The summed E-state index contributed by atoms with van der Waals surface area (Å²) >= 11 is 0. The molecule has 0 bridgehead atoms. The number of unbranched alkanes of at least 4 members (excludes halogenated alkanes) is 2. The van der Waals surface area contributed by atoms with Gasteiger partial charge in [0.25, 0.3) is 20.1 Å². The smallest absolute Gasteiger partial charge is 0.407 e. The van der Waals surface area contributed by atoms with Crippen LogP contribution in [0.15, 0.2) is 255 Å². The van der Waals surface area contributed by atoms with Gasteiger partial charge >= 0.3 is 6.09 Å². The van der Waals surface area contributed by atoms with Gasteiger partial charge in [0.2, 0.25) is 0 Å². The SMILES string of the molecule is COc1ccc(C(OC[C@H]2O[C@@H](n3cnc4c(N(C(=O)c5ccccc5)C(=O)c5ccccc5)ncnc43)[C@H](OCCCCCNC(=O)OCc3cccc4c3Cc3ccccc3-4)[C@@H]2O[Si](c2ccccc2)(c2ccccc2)C(C)(C)C)(c2ccccc2)c2ccc(OC)cc2)cc1. The first-order chi connectivity index (χ1) is 47.9. The number of imidazole rings is 1. The van der Waals surface area contributed by atoms with Crippen LogP contribution >= 0.6 is 0 Å². The highest BCUT2D eigenvalue weighted by Gasteiger charge is 2.58. The second-order valence-electron chi connectivity index (χ2n) is 25.5. The molecule has 0 radical (unpaired) electrons. The number of aromatic nitrogens is 4. The van der Waals surface area contributed by atoms with Crippen LogP contribution in [0.5, 0.6) is 11.5 Å². The predicted molar refractivity (Wildman–Crippen MR) is 380 cm³/mol. The van der Waals surface area contributed by atoms with Gasteiger partial charge in [0.05, 0.1) is 27.2 Å². The zero-order valence-electron chi connectivity index (χ0n) is 55.5. The van der Waals surface area contributed by atoms with Crippen LogP contribution in [0.3, 0.4) is 0 Å². The topological polar surface area (TPSA) is 175 Å². The van der Waals surface area contributed by atoms with Crippen molar-refractivity contribution in [1.82, 2.24) is 24.8 Å². The first-order valence-corrected chi connectivity index (χ1v) is 35.1. The van der Waals surface area contributed by atoms with Gasteiger partial charge in [-0.1, -0.05) is 215 Å². The van der Waals surface area contributed by atoms with Gasteiger partial charge < -0.3 is 38.2 Å². The van der Waals surface area contributed by atoms with E-state index < -0.39 is 61.4 Å². The van der Waals surface area contributed by atoms with Crippen LogP contribution in [0, 0.1) is 0 Å². The number of nitrogens with one attached hydrogen (secondary N) is 1. The average molecular weight is 1320 g/mol. The molecule has 0 unspecified atom stereocenters. The Morgan fingerprint density at radius 2 is 1.14 bits per heavy atom. The summed E-state index contributed by atoms with van der Waals surface area (Å²) < 4.78 is 50.3. The standard InChI is InChI=1S/C81H78N6O10Si/c1-80(2,3)98(65-35-18-9-19-36-65,66-37-20-10-21-38-66)97-72-70(53-95-81(60-33-16-8-17-34-60,61-41-45-63(91-4)46-42-61)62-43-47-64(92-5)48-44-62)96-78(73(72)93-50-25-11-24-49-82-79(90)94-52-59-32-26-40-68-67-39-23-22-31-58(67)51-69(59)68)86-55-85-71-74(86)83-54-84-75(71)87(76(88)56-27-12-6-13-28-56)77(89)57-29-14-7-15-30-57/h6-10,12-23,26-48,54-55,70,72-73,78H,11,24-25,49-53H2,1-5H3,(H,82,90)/t70-,72-,73-,78-/m1/s1. The number of carbonyl (C=O) groups excluding carboxylic acids is 3. The molecule has 98 heavy (non-hydrogen) atoms. The molecule has 17 heteroatoms. The second kappa shape index (κ2) is 29.5. The van der Waals surface area contributed by atoms with E-state index in [2.05, 4.69) is 122 Å². The third-order valence-electron chi connectivity index (χ3n) is 18.6. The van der Waals surface area contributed by atoms with Crippen LogP contribution < -0.4 is 30.1 Å². The molecule has 13 rings (SSSR count). The van der Waals surface area contributed by atoms with E-state index in [0.29, 0.717) is 37.3 Å². The number of methoxy groups -OCH3 is 2. The van der Waals surface area contributed by atoms with Gasteiger partial charge in [-0.3, -0.25) is 14.2 Å². The number of alkyl carbamates (subject to hydrolysis) is 1. The number of benzene rings is 9. The second-order valence-corrected chi connectivity index (χ2v) is 29.8. The van der Waals surface area contributed by atoms with Crippen molar-refractivity contribution in [3.8, 4) is 22.6 Å². The lowest BCUT2D eigenvalue weighted by Gasteiger charge is -2.46. The lowest BCUT2D eigenvalue weighted by atomic mass is 9.80. The predicted octanol–water partition coefficient (Wildman–Crippen LogP) is 14.2. The molecule has 1 fully saturated rings. The lowest BCUT2D eigenvalue weighted by molar-refractivity contribution is -0.0954. The molecule has 0 saturated carbocycles. The van der Waals surface area contributed by atoms with Crippen molar-refractivity contribution in [1.29, 1.82) is 0 Å². The van der Waals surface area contributed by atoms with Crippen LogP contribution in [0.2, 0.25) is 5.04 Å². The van der Waals surface area contributed by atoms with Crippen LogP contribution in [-0.2, 0) is 42.0 Å². The maximum atomic E-state index is 14.9. The van der Waals surface area contributed by atoms with Gasteiger partial charge in [0.1, 0.15) is 48.3 Å². The molecule has 9 aromatic carbocycles. The summed E-state index contributed by atoms with van der Waals surface area (Å²) in [6.07, 6.45) is 1.42. The molecule has 1 N–H and O–H groups in total. The van der Waals surface area contributed by atoms with Crippen LogP contribution in [0.4, 0.5) is 10.6 Å². The summed E-state index contributed by atoms with van der Waals surface area (Å²) in [6.45, 7) is 7.44. The third kappa shape index (κ3) is 13.3. The van der Waals surface area contributed by atoms with Crippen molar-refractivity contribution < 1.29 is 47.2 Å². The number of nitrogens with zero attached hydrogens (tertiary/aromatic N) is 5. The molecule has 4 atom stereocenters. The molecule has 1 aliphatic carbocycles. The third-order valence-corrected chi connectivity index (χ3v) is 23.7. The van der Waals surface area contributed by atoms with E-state index in [1.807, 2.05) is 91.0 Å². The number of rotatable bonds is 25. The Labute approximate surface area is 572 Å². The maximum absolute atomic E-state index is 14.9. The molecule has 3 amide bonds. The van der Waals surface area contributed by atoms with Crippen LogP contribution in [0.1, 0.15) is 100 Å². The first kappa shape index (κ1) is 66.2. The Morgan fingerprint density at radius 3 is 1.73 bits per heavy atom. The molecular weight excluding hydrogens is 1250 g/mol. The highest BCUT2D eigenvalue weighted by molar-refractivity contribution is 6.99. The van der Waals surface area contributed by atoms with Crippen molar-refractivity contribution in [3.63, 3.8) is 0 Å². The minimum atomic E-state index is -3.52. The maximum Gasteiger partial charge on any atom is 0.407 e. The molecule has 2 aliphatic rings. The van der Waals surface area contributed by atoms with Crippen molar-refractivity contribution in [2.45, 2.75) is 88.2 Å². The van der Waals surface area contributed by atoms with Gasteiger partial charge in [0.15, 0.2) is 23.2 Å². The van der Waals surface area contributed by atoms with Crippen LogP contribution in [0.25, 0.3) is 22.3 Å². The van der Waals surface area contributed by atoms with Crippen molar-refractivity contribution in [2.24, 2.45) is 0 Å². The summed E-state index contributed by atoms with van der Waals surface area (Å²) in [5, 5.41) is 4.54. The largest absolute Gasteiger partial charge is 0.497 e. The first-order valence-electron chi connectivity index (χ1n) is 33.2. The number of imide groups is 1. The number of anilines is 1. The monoisotopic (exact) mass is 1320 g/mol. The van der Waals surface area contributed by atoms with E-state index in [1.54, 1.807) is 85.8 Å². The van der Waals surface area contributed by atoms with E-state index >= 15 is 0 Å². The van der Waals surface area contributed by atoms with Gasteiger partial charge in [-0.05, 0) is 134 Å². The number of carbonyl (C=O) groups is 3. The van der Waals surface area contributed by atoms with Crippen LogP contribution in [-0.4, -0.2) is 98.0 Å². The van der Waals surface area contributed by atoms with E-state index in [-0.39, 0.29) is 47.9 Å². The average Bonchev–Trinajstić information content (AvgIpc) is 1.34. The molecule has 1 aliphatic heterocycles. The van der Waals surface area contributed by atoms with Gasteiger partial charge in [-0.25, -0.2) is 24.6 Å². The highest BCUT2D eigenvalue weighted by Crippen LogP contribution is 2.47. The van der Waals surface area contributed by atoms with Crippen molar-refractivity contribution >= 4 is 53.6 Å². The zero-order chi connectivity index (χ0) is 67.6. The molecule has 16 nitrogen and oxygen atoms in total. The Bertz CT molecular complexity index is 4390. The number of amides is 3. The van der Waals surface area contributed by atoms with Crippen molar-refractivity contribution in [3.05, 3.63) is 300 Å². The molecular formula is C81H78N6O10Si. The summed E-state index contributed by atoms with van der Waals surface area (Å²) in [7, 11) is -0.231. The lowest BCUT2D eigenvalue weighted by Crippen LogP contribution is -2.69. The van der Waals surface area contributed by atoms with Gasteiger partial charge in [-0.15, -0.1) is 0 Å². The molecule has 11 aromatic rings. The zero-order valence-corrected chi connectivity index (χ0v) is 56.5. The Morgan fingerprint density at radius 1 is 0.592 bits per heavy atom. The minimum Gasteiger partial charge on any atom is -0.497 e. The Kier molecular flexibility index (Phi) is 20.0. The molecule has 3 heterocycles. The fourth-order valence-corrected chi connectivity index (χ4v) is 18.5. The number of fused-ring (bicyclic) bond motifs is 4. The normalized spacial score (nSPS) is 15.8.